The number of hydrogen-bond acceptors (Lipinski definition) is 4. The van der Waals surface area contributed by atoms with Crippen LogP contribution in [-0.2, 0) is 14.4 Å². The molecule has 5 nitrogen and oxygen atoms in total. The number of imide groups is 1. The highest BCUT2D eigenvalue weighted by atomic mass is 16.2. The van der Waals surface area contributed by atoms with E-state index in [0.717, 1.165) is 12.8 Å². The van der Waals surface area contributed by atoms with Crippen LogP contribution in [0.15, 0.2) is 0 Å². The normalized spacial score (nSPS) is 22.0. The summed E-state index contributed by atoms with van der Waals surface area (Å²) >= 11 is 0. The van der Waals surface area contributed by atoms with Gasteiger partial charge in [-0.1, -0.05) is 0 Å². The van der Waals surface area contributed by atoms with Crippen molar-refractivity contribution in [1.82, 2.24) is 10.2 Å². The molecule has 0 aromatic heterocycles. The first kappa shape index (κ1) is 12.8. The van der Waals surface area contributed by atoms with E-state index in [1.54, 1.807) is 13.8 Å². The van der Waals surface area contributed by atoms with E-state index in [4.69, 9.17) is 0 Å². The minimum atomic E-state index is -0.255. The summed E-state index contributed by atoms with van der Waals surface area (Å²) in [6, 6.07) is -0.255. The smallest absolute Gasteiger partial charge is 0.243 e. The predicted molar refractivity (Wildman–Crippen MR) is 58.7 cm³/mol. The van der Waals surface area contributed by atoms with E-state index in [9.17, 15) is 14.4 Å². The number of unbranched alkanes of at least 4 members (excludes halogenated alkanes) is 1. The molecule has 90 valence electrons. The van der Waals surface area contributed by atoms with Gasteiger partial charge in [0.25, 0.3) is 0 Å². The van der Waals surface area contributed by atoms with Crippen LogP contribution in [0.25, 0.3) is 0 Å². The minimum absolute atomic E-state index is 0.181. The highest BCUT2D eigenvalue weighted by Crippen LogP contribution is 2.07. The summed E-state index contributed by atoms with van der Waals surface area (Å²) < 4.78 is 0. The van der Waals surface area contributed by atoms with Crippen molar-refractivity contribution in [2.24, 2.45) is 0 Å². The molecule has 0 bridgehead atoms. The van der Waals surface area contributed by atoms with Crippen LogP contribution in [0.2, 0.25) is 0 Å². The first-order chi connectivity index (χ1) is 7.50. The Kier molecular flexibility index (Phi) is 4.61. The fourth-order valence-corrected chi connectivity index (χ4v) is 1.73. The number of ketones is 1. The molecule has 1 heterocycles. The maximum absolute atomic E-state index is 11.3. The van der Waals surface area contributed by atoms with Crippen molar-refractivity contribution in [3.05, 3.63) is 0 Å². The molecular formula is C11H18N2O3. The molecule has 0 aromatic carbocycles. The second kappa shape index (κ2) is 5.75. The molecule has 1 rings (SSSR count). The van der Waals surface area contributed by atoms with Crippen LogP contribution >= 0.6 is 0 Å². The Bertz CT molecular complexity index is 302. The molecule has 0 aromatic rings. The van der Waals surface area contributed by atoms with E-state index in [-0.39, 0.29) is 30.2 Å². The summed E-state index contributed by atoms with van der Waals surface area (Å²) in [6.45, 7) is 4.31. The van der Waals surface area contributed by atoms with Gasteiger partial charge < -0.3 is 4.79 Å². The van der Waals surface area contributed by atoms with E-state index < -0.39 is 0 Å². The van der Waals surface area contributed by atoms with Gasteiger partial charge in [0.1, 0.15) is 5.78 Å². The van der Waals surface area contributed by atoms with E-state index in [1.807, 2.05) is 4.90 Å². The monoisotopic (exact) mass is 226 g/mol. The van der Waals surface area contributed by atoms with Crippen LogP contribution in [0.1, 0.15) is 33.1 Å². The number of hydrogen-bond donors (Lipinski definition) is 1. The van der Waals surface area contributed by atoms with Gasteiger partial charge in [-0.25, -0.2) is 0 Å². The molecule has 5 heteroatoms. The van der Waals surface area contributed by atoms with Gasteiger partial charge in [0.2, 0.25) is 11.8 Å². The van der Waals surface area contributed by atoms with E-state index in [1.165, 1.54) is 0 Å². The van der Waals surface area contributed by atoms with Crippen molar-refractivity contribution in [1.29, 1.82) is 0 Å². The number of carbonyl (C=O) groups excluding carboxylic acids is 3. The van der Waals surface area contributed by atoms with Gasteiger partial charge in [-0.3, -0.25) is 19.8 Å². The van der Waals surface area contributed by atoms with Crippen LogP contribution < -0.4 is 5.32 Å². The predicted octanol–water partition coefficient (Wildman–Crippen LogP) is 0.0926. The number of carbonyl (C=O) groups is 3. The zero-order valence-electron chi connectivity index (χ0n) is 9.78. The molecule has 1 aliphatic rings. The number of nitrogens with one attached hydrogen (secondary N) is 1. The van der Waals surface area contributed by atoms with E-state index in [2.05, 4.69) is 5.32 Å². The Morgan fingerprint density at radius 1 is 1.44 bits per heavy atom. The topological polar surface area (TPSA) is 66.5 Å². The van der Waals surface area contributed by atoms with Gasteiger partial charge in [0.05, 0.1) is 12.6 Å². The standard InChI is InChI=1S/C11H18N2O3/c1-8(14)5-3-4-6-13-7-10(15)12-11(16)9(13)2/h9H,3-7H2,1-2H3,(H,12,15,16). The first-order valence-corrected chi connectivity index (χ1v) is 5.58. The summed E-state index contributed by atoms with van der Waals surface area (Å²) in [7, 11) is 0. The van der Waals surface area contributed by atoms with Crippen LogP contribution in [0.3, 0.4) is 0 Å². The molecular weight excluding hydrogens is 208 g/mol. The molecule has 1 fully saturated rings. The average molecular weight is 226 g/mol. The van der Waals surface area contributed by atoms with Gasteiger partial charge in [-0.15, -0.1) is 0 Å². The molecule has 2 amide bonds. The highest BCUT2D eigenvalue weighted by molar-refractivity contribution is 6.00. The second-order valence-electron chi connectivity index (χ2n) is 4.22. The molecule has 1 atom stereocenters. The summed E-state index contributed by atoms with van der Waals surface area (Å²) in [5, 5.41) is 2.29. The Morgan fingerprint density at radius 3 is 2.75 bits per heavy atom. The van der Waals surface area contributed by atoms with Crippen LogP contribution in [-0.4, -0.2) is 41.6 Å². The van der Waals surface area contributed by atoms with Gasteiger partial charge in [0, 0.05) is 6.42 Å². The molecule has 1 saturated heterocycles. The second-order valence-corrected chi connectivity index (χ2v) is 4.22. The van der Waals surface area contributed by atoms with Crippen LogP contribution in [0.4, 0.5) is 0 Å². The van der Waals surface area contributed by atoms with E-state index in [0.29, 0.717) is 13.0 Å². The quantitative estimate of drug-likeness (QED) is 0.533. The molecule has 1 N–H and O–H groups in total. The van der Waals surface area contributed by atoms with Crippen molar-refractivity contribution in [3.63, 3.8) is 0 Å². The number of amides is 2. The zero-order chi connectivity index (χ0) is 12.1. The molecule has 0 aliphatic carbocycles. The van der Waals surface area contributed by atoms with Gasteiger partial charge in [0.15, 0.2) is 0 Å². The average Bonchev–Trinajstić information content (AvgIpc) is 2.19. The SMILES string of the molecule is CC(=O)CCCCN1CC(=O)NC(=O)C1C. The third-order valence-electron chi connectivity index (χ3n) is 2.76. The Balaban J connectivity index is 2.32. The van der Waals surface area contributed by atoms with Crippen molar-refractivity contribution in [2.45, 2.75) is 39.2 Å². The van der Waals surface area contributed by atoms with Crippen molar-refractivity contribution in [2.75, 3.05) is 13.1 Å². The largest absolute Gasteiger partial charge is 0.300 e. The van der Waals surface area contributed by atoms with Crippen LogP contribution in [0.5, 0.6) is 0 Å². The first-order valence-electron chi connectivity index (χ1n) is 5.58. The lowest BCUT2D eigenvalue weighted by Gasteiger charge is -2.31. The Labute approximate surface area is 95.2 Å². The number of Topliss-reactive ketones (excluding diaryl/α,β-unsaturated/α-hetero) is 1. The zero-order valence-corrected chi connectivity index (χ0v) is 9.78. The Hall–Kier alpha value is -1.23. The number of piperazine rings is 1. The number of nitrogens with zero attached hydrogens (tertiary/aromatic N) is 1. The highest BCUT2D eigenvalue weighted by Gasteiger charge is 2.29. The molecule has 16 heavy (non-hydrogen) atoms. The molecule has 0 saturated carbocycles. The third kappa shape index (κ3) is 3.73. The number of rotatable bonds is 5. The summed E-state index contributed by atoms with van der Waals surface area (Å²) in [5.74, 6) is -0.294. The van der Waals surface area contributed by atoms with Gasteiger partial charge in [-0.05, 0) is 33.2 Å². The summed E-state index contributed by atoms with van der Waals surface area (Å²) in [4.78, 5) is 35.1. The fourth-order valence-electron chi connectivity index (χ4n) is 1.73. The lowest BCUT2D eigenvalue weighted by molar-refractivity contribution is -0.139. The van der Waals surface area contributed by atoms with Crippen molar-refractivity contribution in [3.8, 4) is 0 Å². The molecule has 0 radical (unpaired) electrons. The lowest BCUT2D eigenvalue weighted by atomic mass is 10.1. The van der Waals surface area contributed by atoms with Crippen molar-refractivity contribution >= 4 is 17.6 Å². The molecule has 1 aliphatic heterocycles. The summed E-state index contributed by atoms with van der Waals surface area (Å²) in [6.07, 6.45) is 2.22. The van der Waals surface area contributed by atoms with E-state index >= 15 is 0 Å². The Morgan fingerprint density at radius 2 is 2.12 bits per heavy atom. The lowest BCUT2D eigenvalue weighted by Crippen LogP contribution is -2.56. The third-order valence-corrected chi connectivity index (χ3v) is 2.76. The van der Waals surface area contributed by atoms with Gasteiger partial charge >= 0.3 is 0 Å². The maximum atomic E-state index is 11.3. The van der Waals surface area contributed by atoms with Crippen molar-refractivity contribution < 1.29 is 14.4 Å². The minimum Gasteiger partial charge on any atom is -0.300 e. The fraction of sp³-hybridized carbons (Fsp3) is 0.727. The maximum Gasteiger partial charge on any atom is 0.243 e. The van der Waals surface area contributed by atoms with Gasteiger partial charge in [-0.2, -0.15) is 0 Å². The van der Waals surface area contributed by atoms with Crippen LogP contribution in [0, 0.1) is 0 Å². The molecule has 0 spiro atoms. The summed E-state index contributed by atoms with van der Waals surface area (Å²) in [5.41, 5.74) is 0. The molecule has 1 unspecified atom stereocenters.